The van der Waals surface area contributed by atoms with E-state index in [1.165, 1.54) is 32.1 Å². The summed E-state index contributed by atoms with van der Waals surface area (Å²) >= 11 is 0. The number of hydrogen-bond donors (Lipinski definition) is 1. The molecule has 132 valence electrons. The zero-order valence-corrected chi connectivity index (χ0v) is 15.4. The predicted octanol–water partition coefficient (Wildman–Crippen LogP) is 2.95. The molecule has 0 spiro atoms. The van der Waals surface area contributed by atoms with Gasteiger partial charge in [-0.3, -0.25) is 9.69 Å². The molecule has 2 saturated carbocycles. The van der Waals surface area contributed by atoms with Crippen LogP contribution in [0.2, 0.25) is 0 Å². The number of nitrogens with two attached hydrogens (primary N) is 1. The molecule has 4 atom stereocenters. The lowest BCUT2D eigenvalue weighted by Crippen LogP contribution is -2.70. The Morgan fingerprint density at radius 2 is 1.91 bits per heavy atom. The minimum atomic E-state index is -0.532. The number of esters is 1. The topological polar surface area (TPSA) is 55.6 Å². The molecule has 23 heavy (non-hydrogen) atoms. The van der Waals surface area contributed by atoms with Gasteiger partial charge in [0, 0.05) is 0 Å². The number of carbonyl (C=O) groups excluding carboxylic acids is 1. The number of fused-ring (bicyclic) bond motifs is 2. The Bertz CT molecular complexity index is 472. The largest absolute Gasteiger partial charge is 0.465 e. The number of nitrogens with zero attached hydrogens (tertiary/aromatic N) is 1. The van der Waals surface area contributed by atoms with E-state index in [0.29, 0.717) is 12.5 Å². The lowest BCUT2D eigenvalue weighted by atomic mass is 9.59. The molecule has 0 amide bonds. The normalized spacial score (nSPS) is 41.0. The highest BCUT2D eigenvalue weighted by Crippen LogP contribution is 2.72. The molecule has 1 saturated heterocycles. The minimum Gasteiger partial charge on any atom is -0.465 e. The van der Waals surface area contributed by atoms with Crippen LogP contribution in [0.3, 0.4) is 0 Å². The molecule has 3 fully saturated rings. The zero-order valence-electron chi connectivity index (χ0n) is 15.4. The number of rotatable bonds is 4. The van der Waals surface area contributed by atoms with Gasteiger partial charge in [0.2, 0.25) is 0 Å². The van der Waals surface area contributed by atoms with Crippen LogP contribution in [0.25, 0.3) is 0 Å². The van der Waals surface area contributed by atoms with E-state index in [1.54, 1.807) is 0 Å². The Kier molecular flexibility index (Phi) is 4.29. The third-order valence-corrected chi connectivity index (χ3v) is 7.92. The van der Waals surface area contributed by atoms with Crippen molar-refractivity contribution in [3.8, 4) is 0 Å². The Labute approximate surface area is 141 Å². The Morgan fingerprint density at radius 1 is 1.26 bits per heavy atom. The third kappa shape index (κ3) is 2.13. The van der Waals surface area contributed by atoms with Crippen molar-refractivity contribution in [2.75, 3.05) is 19.7 Å². The lowest BCUT2D eigenvalue weighted by Gasteiger charge is -2.57. The molecule has 3 aliphatic rings. The summed E-state index contributed by atoms with van der Waals surface area (Å²) in [5.41, 5.74) is 6.73. The summed E-state index contributed by atoms with van der Waals surface area (Å²) in [4.78, 5) is 15.2. The molecule has 4 nitrogen and oxygen atoms in total. The highest BCUT2D eigenvalue weighted by atomic mass is 16.5. The molecular formula is C19H34N2O2. The van der Waals surface area contributed by atoms with Crippen LogP contribution < -0.4 is 5.73 Å². The molecule has 2 N–H and O–H groups in total. The summed E-state index contributed by atoms with van der Waals surface area (Å²) in [6.45, 7) is 11.6. The van der Waals surface area contributed by atoms with Crippen molar-refractivity contribution >= 4 is 5.97 Å². The second-order valence-electron chi connectivity index (χ2n) is 8.70. The molecule has 2 bridgehead atoms. The van der Waals surface area contributed by atoms with E-state index in [2.05, 4.69) is 25.7 Å². The number of piperidine rings is 1. The van der Waals surface area contributed by atoms with Crippen molar-refractivity contribution in [2.24, 2.45) is 22.5 Å². The van der Waals surface area contributed by atoms with Crippen molar-refractivity contribution in [3.05, 3.63) is 0 Å². The van der Waals surface area contributed by atoms with E-state index in [-0.39, 0.29) is 22.3 Å². The molecule has 3 rings (SSSR count). The molecule has 0 unspecified atom stereocenters. The van der Waals surface area contributed by atoms with E-state index in [4.69, 9.17) is 10.5 Å². The zero-order chi connectivity index (χ0) is 16.9. The standard InChI is InChI=1S/C19H34N2O2/c1-5-23-16(22)15(20)19(21-11-7-6-8-12-21)13-14-9-10-18(19,4)17(14,2)3/h14-15H,5-13,20H2,1-4H3/t14-,15-,18-,19-/m0/s1. The van der Waals surface area contributed by atoms with E-state index < -0.39 is 6.04 Å². The Hall–Kier alpha value is -0.610. The maximum Gasteiger partial charge on any atom is 0.324 e. The molecule has 1 aliphatic heterocycles. The number of carbonyl (C=O) groups is 1. The first kappa shape index (κ1) is 17.2. The average molecular weight is 322 g/mol. The minimum absolute atomic E-state index is 0.0776. The van der Waals surface area contributed by atoms with Crippen molar-refractivity contribution in [3.63, 3.8) is 0 Å². The van der Waals surface area contributed by atoms with Crippen molar-refractivity contribution < 1.29 is 9.53 Å². The van der Waals surface area contributed by atoms with Crippen LogP contribution in [-0.4, -0.2) is 42.1 Å². The fraction of sp³-hybridized carbons (Fsp3) is 0.947. The Balaban J connectivity index is 2.03. The maximum atomic E-state index is 12.6. The SMILES string of the molecule is CCOC(=O)[C@H](N)[C@@]1(N2CCCCC2)C[C@@H]2CC[C@@]1(C)C2(C)C. The van der Waals surface area contributed by atoms with Crippen molar-refractivity contribution in [2.45, 2.75) is 77.8 Å². The number of ether oxygens (including phenoxy) is 1. The van der Waals surface area contributed by atoms with Crippen LogP contribution in [0, 0.1) is 16.7 Å². The first-order valence-corrected chi connectivity index (χ1v) is 9.48. The summed E-state index contributed by atoms with van der Waals surface area (Å²) in [5, 5.41) is 0. The van der Waals surface area contributed by atoms with E-state index in [9.17, 15) is 4.79 Å². The summed E-state index contributed by atoms with van der Waals surface area (Å²) in [6.07, 6.45) is 7.24. The smallest absolute Gasteiger partial charge is 0.324 e. The van der Waals surface area contributed by atoms with Gasteiger partial charge >= 0.3 is 5.97 Å². The summed E-state index contributed by atoms with van der Waals surface area (Å²) < 4.78 is 5.36. The molecule has 2 aliphatic carbocycles. The molecule has 0 aromatic carbocycles. The monoisotopic (exact) mass is 322 g/mol. The van der Waals surface area contributed by atoms with Gasteiger partial charge in [-0.05, 0) is 68.9 Å². The van der Waals surface area contributed by atoms with Crippen LogP contribution in [0.5, 0.6) is 0 Å². The molecular weight excluding hydrogens is 288 g/mol. The van der Waals surface area contributed by atoms with Crippen molar-refractivity contribution in [1.29, 1.82) is 0 Å². The van der Waals surface area contributed by atoms with Crippen molar-refractivity contribution in [1.82, 2.24) is 4.90 Å². The lowest BCUT2D eigenvalue weighted by molar-refractivity contribution is -0.156. The molecule has 1 heterocycles. The maximum absolute atomic E-state index is 12.6. The second kappa shape index (κ2) is 5.73. The average Bonchev–Trinajstić information content (AvgIpc) is 2.87. The van der Waals surface area contributed by atoms with Crippen LogP contribution in [0.4, 0.5) is 0 Å². The van der Waals surface area contributed by atoms with Gasteiger partial charge in [0.15, 0.2) is 0 Å². The highest BCUT2D eigenvalue weighted by molar-refractivity contribution is 5.78. The van der Waals surface area contributed by atoms with Gasteiger partial charge in [-0.15, -0.1) is 0 Å². The molecule has 0 radical (unpaired) electrons. The fourth-order valence-corrected chi connectivity index (χ4v) is 6.19. The van der Waals surface area contributed by atoms with Gasteiger partial charge in [0.25, 0.3) is 0 Å². The molecule has 4 heteroatoms. The second-order valence-corrected chi connectivity index (χ2v) is 8.70. The van der Waals surface area contributed by atoms with Crippen LogP contribution in [0.15, 0.2) is 0 Å². The van der Waals surface area contributed by atoms with Gasteiger partial charge in [0.1, 0.15) is 6.04 Å². The summed E-state index contributed by atoms with van der Waals surface area (Å²) in [7, 11) is 0. The summed E-state index contributed by atoms with van der Waals surface area (Å²) in [5.74, 6) is 0.456. The fourth-order valence-electron chi connectivity index (χ4n) is 6.19. The predicted molar refractivity (Wildman–Crippen MR) is 92.0 cm³/mol. The van der Waals surface area contributed by atoms with Gasteiger partial charge in [-0.25, -0.2) is 0 Å². The third-order valence-electron chi connectivity index (χ3n) is 7.92. The van der Waals surface area contributed by atoms with Crippen LogP contribution >= 0.6 is 0 Å². The molecule has 0 aromatic rings. The number of hydrogen-bond acceptors (Lipinski definition) is 4. The first-order chi connectivity index (χ1) is 10.8. The van der Waals surface area contributed by atoms with Gasteiger partial charge in [-0.2, -0.15) is 0 Å². The van der Waals surface area contributed by atoms with Crippen LogP contribution in [-0.2, 0) is 9.53 Å². The first-order valence-electron chi connectivity index (χ1n) is 9.48. The summed E-state index contributed by atoms with van der Waals surface area (Å²) in [6, 6.07) is -0.532. The van der Waals surface area contributed by atoms with Gasteiger partial charge in [0.05, 0.1) is 12.1 Å². The van der Waals surface area contributed by atoms with E-state index in [0.717, 1.165) is 19.5 Å². The highest BCUT2D eigenvalue weighted by Gasteiger charge is 2.73. The quantitative estimate of drug-likeness (QED) is 0.809. The number of likely N-dealkylation sites (tertiary alicyclic amines) is 1. The van der Waals surface area contributed by atoms with E-state index in [1.807, 2.05) is 6.92 Å². The Morgan fingerprint density at radius 3 is 2.39 bits per heavy atom. The van der Waals surface area contributed by atoms with Crippen LogP contribution in [0.1, 0.15) is 66.2 Å². The molecule has 0 aromatic heterocycles. The van der Waals surface area contributed by atoms with Gasteiger partial charge in [-0.1, -0.05) is 27.2 Å². The van der Waals surface area contributed by atoms with E-state index >= 15 is 0 Å². The van der Waals surface area contributed by atoms with Gasteiger partial charge < -0.3 is 10.5 Å².